The summed E-state index contributed by atoms with van der Waals surface area (Å²) in [7, 11) is 0. The van der Waals surface area contributed by atoms with E-state index in [9.17, 15) is 0 Å². The van der Waals surface area contributed by atoms with Crippen LogP contribution in [0.15, 0.2) is 42.6 Å². The van der Waals surface area contributed by atoms with Gasteiger partial charge in [0, 0.05) is 11.9 Å². The number of nitrogens with zero attached hydrogens (tertiary/aromatic N) is 1. The zero-order valence-corrected chi connectivity index (χ0v) is 11.9. The van der Waals surface area contributed by atoms with Gasteiger partial charge >= 0.3 is 0 Å². The molecule has 98 valence electrons. The van der Waals surface area contributed by atoms with Crippen LogP contribution in [0, 0.1) is 0 Å². The molecule has 0 aliphatic carbocycles. The lowest BCUT2D eigenvalue weighted by molar-refractivity contribution is 0.867. The van der Waals surface area contributed by atoms with Crippen LogP contribution in [0.3, 0.4) is 0 Å². The van der Waals surface area contributed by atoms with Crippen LogP contribution in [0.25, 0.3) is 0 Å². The van der Waals surface area contributed by atoms with Gasteiger partial charge in [0.05, 0.1) is 5.56 Å². The molecule has 0 bridgehead atoms. The highest BCUT2D eigenvalue weighted by molar-refractivity contribution is 7.80. The average molecular weight is 271 g/mol. The van der Waals surface area contributed by atoms with Crippen molar-refractivity contribution in [2.45, 2.75) is 19.8 Å². The first-order valence-corrected chi connectivity index (χ1v) is 6.60. The largest absolute Gasteiger partial charge is 0.389 e. The molecule has 1 heterocycles. The predicted molar refractivity (Wildman–Crippen MR) is 83.9 cm³/mol. The van der Waals surface area contributed by atoms with Crippen LogP contribution in [0.5, 0.6) is 0 Å². The number of benzene rings is 1. The maximum absolute atomic E-state index is 5.70. The first-order valence-electron chi connectivity index (χ1n) is 6.19. The summed E-state index contributed by atoms with van der Waals surface area (Å²) in [5.41, 5.74) is 8.72. The number of anilines is 2. The van der Waals surface area contributed by atoms with Gasteiger partial charge in [-0.25, -0.2) is 4.98 Å². The Kier molecular flexibility index (Phi) is 4.12. The third kappa shape index (κ3) is 3.29. The van der Waals surface area contributed by atoms with Crippen LogP contribution in [0.4, 0.5) is 11.5 Å². The summed E-state index contributed by atoms with van der Waals surface area (Å²) >= 11 is 5.03. The molecule has 19 heavy (non-hydrogen) atoms. The standard InChI is InChI=1S/C15H17N3S/c1-10(2)11-5-3-6-12(9-11)18-15-13(14(16)19)7-4-8-17-15/h3-10H,1-2H3,(H2,16,19)(H,17,18). The van der Waals surface area contributed by atoms with E-state index >= 15 is 0 Å². The van der Waals surface area contributed by atoms with E-state index in [2.05, 4.69) is 36.3 Å². The Hall–Kier alpha value is -1.94. The number of aromatic nitrogens is 1. The number of rotatable bonds is 4. The van der Waals surface area contributed by atoms with Crippen LogP contribution in [0.1, 0.15) is 30.9 Å². The predicted octanol–water partition coefficient (Wildman–Crippen LogP) is 3.58. The minimum absolute atomic E-state index is 0.343. The maximum Gasteiger partial charge on any atom is 0.140 e. The monoisotopic (exact) mass is 271 g/mol. The van der Waals surface area contributed by atoms with E-state index in [4.69, 9.17) is 18.0 Å². The number of thiocarbonyl (C=S) groups is 1. The smallest absolute Gasteiger partial charge is 0.140 e. The topological polar surface area (TPSA) is 50.9 Å². The quantitative estimate of drug-likeness (QED) is 0.834. The second-order valence-electron chi connectivity index (χ2n) is 4.67. The van der Waals surface area contributed by atoms with Gasteiger partial charge in [-0.05, 0) is 35.7 Å². The van der Waals surface area contributed by atoms with E-state index in [1.165, 1.54) is 5.56 Å². The number of nitrogens with two attached hydrogens (primary N) is 1. The zero-order chi connectivity index (χ0) is 13.8. The molecule has 0 saturated carbocycles. The van der Waals surface area contributed by atoms with E-state index in [0.29, 0.717) is 16.7 Å². The summed E-state index contributed by atoms with van der Waals surface area (Å²) in [6, 6.07) is 11.9. The molecule has 0 fully saturated rings. The van der Waals surface area contributed by atoms with Crippen molar-refractivity contribution in [1.29, 1.82) is 0 Å². The molecule has 0 aliphatic heterocycles. The third-order valence-corrected chi connectivity index (χ3v) is 3.11. The van der Waals surface area contributed by atoms with Gasteiger partial charge in [0.25, 0.3) is 0 Å². The fourth-order valence-corrected chi connectivity index (χ4v) is 1.98. The van der Waals surface area contributed by atoms with Gasteiger partial charge in [-0.1, -0.05) is 38.2 Å². The lowest BCUT2D eigenvalue weighted by Gasteiger charge is -2.12. The van der Waals surface area contributed by atoms with E-state index in [-0.39, 0.29) is 0 Å². The molecule has 0 radical (unpaired) electrons. The fraction of sp³-hybridized carbons (Fsp3) is 0.200. The molecule has 0 saturated heterocycles. The average Bonchev–Trinajstić information content (AvgIpc) is 2.39. The molecule has 0 amide bonds. The Balaban J connectivity index is 2.31. The van der Waals surface area contributed by atoms with Crippen LogP contribution in [-0.4, -0.2) is 9.97 Å². The Labute approximate surface area is 118 Å². The van der Waals surface area contributed by atoms with Crippen molar-refractivity contribution in [1.82, 2.24) is 4.98 Å². The van der Waals surface area contributed by atoms with E-state index in [1.54, 1.807) is 6.20 Å². The first kappa shape index (κ1) is 13.5. The third-order valence-electron chi connectivity index (χ3n) is 2.89. The van der Waals surface area contributed by atoms with Crippen LogP contribution in [0.2, 0.25) is 0 Å². The van der Waals surface area contributed by atoms with Crippen molar-refractivity contribution in [3.05, 3.63) is 53.7 Å². The van der Waals surface area contributed by atoms with Gasteiger partial charge in [0.1, 0.15) is 10.8 Å². The molecule has 0 spiro atoms. The Bertz CT molecular complexity index is 593. The Morgan fingerprint density at radius 2 is 2.05 bits per heavy atom. The summed E-state index contributed by atoms with van der Waals surface area (Å²) in [6.07, 6.45) is 1.72. The number of hydrogen-bond donors (Lipinski definition) is 2. The molecular weight excluding hydrogens is 254 g/mol. The molecule has 2 rings (SSSR count). The molecule has 2 aromatic rings. The van der Waals surface area contributed by atoms with E-state index < -0.39 is 0 Å². The van der Waals surface area contributed by atoms with Crippen molar-refractivity contribution in [3.63, 3.8) is 0 Å². The van der Waals surface area contributed by atoms with Crippen molar-refractivity contribution in [3.8, 4) is 0 Å². The highest BCUT2D eigenvalue weighted by Gasteiger charge is 2.07. The van der Waals surface area contributed by atoms with E-state index in [0.717, 1.165) is 11.3 Å². The summed E-state index contributed by atoms with van der Waals surface area (Å²) in [5, 5.41) is 3.27. The minimum Gasteiger partial charge on any atom is -0.389 e. The van der Waals surface area contributed by atoms with Gasteiger partial charge in [-0.3, -0.25) is 0 Å². The van der Waals surface area contributed by atoms with Crippen LogP contribution in [-0.2, 0) is 0 Å². The van der Waals surface area contributed by atoms with Crippen molar-refractivity contribution < 1.29 is 0 Å². The van der Waals surface area contributed by atoms with Gasteiger partial charge in [-0.15, -0.1) is 0 Å². The lowest BCUT2D eigenvalue weighted by Crippen LogP contribution is -2.12. The molecular formula is C15H17N3S. The highest BCUT2D eigenvalue weighted by Crippen LogP contribution is 2.22. The molecule has 3 N–H and O–H groups in total. The SMILES string of the molecule is CC(C)c1cccc(Nc2ncccc2C(N)=S)c1. The van der Waals surface area contributed by atoms with E-state index in [1.807, 2.05) is 24.3 Å². The Morgan fingerprint density at radius 3 is 2.74 bits per heavy atom. The second-order valence-corrected chi connectivity index (χ2v) is 5.11. The maximum atomic E-state index is 5.70. The molecule has 1 aromatic carbocycles. The summed E-state index contributed by atoms with van der Waals surface area (Å²) < 4.78 is 0. The summed E-state index contributed by atoms with van der Waals surface area (Å²) in [5.74, 6) is 1.18. The van der Waals surface area contributed by atoms with Crippen molar-refractivity contribution in [2.24, 2.45) is 5.73 Å². The van der Waals surface area contributed by atoms with Gasteiger partial charge in [0.2, 0.25) is 0 Å². The normalized spacial score (nSPS) is 10.5. The number of pyridine rings is 1. The lowest BCUT2D eigenvalue weighted by atomic mass is 10.0. The first-order chi connectivity index (χ1) is 9.08. The molecule has 1 aromatic heterocycles. The van der Waals surface area contributed by atoms with Gasteiger partial charge in [-0.2, -0.15) is 0 Å². The summed E-state index contributed by atoms with van der Waals surface area (Å²) in [6.45, 7) is 4.33. The van der Waals surface area contributed by atoms with Gasteiger partial charge in [0.15, 0.2) is 0 Å². The van der Waals surface area contributed by atoms with Crippen LogP contribution < -0.4 is 11.1 Å². The molecule has 3 nitrogen and oxygen atoms in total. The highest BCUT2D eigenvalue weighted by atomic mass is 32.1. The Morgan fingerprint density at radius 1 is 1.26 bits per heavy atom. The molecule has 0 aliphatic rings. The van der Waals surface area contributed by atoms with Crippen molar-refractivity contribution in [2.75, 3.05) is 5.32 Å². The zero-order valence-electron chi connectivity index (χ0n) is 11.1. The number of nitrogens with one attached hydrogen (secondary N) is 1. The fourth-order valence-electron chi connectivity index (χ4n) is 1.82. The molecule has 0 unspecified atom stereocenters. The summed E-state index contributed by atoms with van der Waals surface area (Å²) in [4.78, 5) is 4.63. The van der Waals surface area contributed by atoms with Crippen LogP contribution >= 0.6 is 12.2 Å². The van der Waals surface area contributed by atoms with Crippen molar-refractivity contribution >= 4 is 28.7 Å². The number of hydrogen-bond acceptors (Lipinski definition) is 3. The molecule has 0 atom stereocenters. The van der Waals surface area contributed by atoms with Gasteiger partial charge < -0.3 is 11.1 Å². The molecule has 4 heteroatoms. The second kappa shape index (κ2) is 5.80. The minimum atomic E-state index is 0.343.